The van der Waals surface area contributed by atoms with E-state index in [0.29, 0.717) is 11.1 Å². The fourth-order valence-corrected chi connectivity index (χ4v) is 2.49. The highest BCUT2D eigenvalue weighted by Gasteiger charge is 2.14. The second kappa shape index (κ2) is 12.8. The molecule has 0 aliphatic carbocycles. The van der Waals surface area contributed by atoms with E-state index in [-0.39, 0.29) is 6.61 Å². The number of esters is 2. The molecule has 0 radical (unpaired) electrons. The van der Waals surface area contributed by atoms with E-state index in [0.717, 1.165) is 11.1 Å². The molecule has 0 aromatic heterocycles. The Morgan fingerprint density at radius 1 is 0.774 bits per heavy atom. The van der Waals surface area contributed by atoms with Crippen LogP contribution in [-0.2, 0) is 19.1 Å². The lowest BCUT2D eigenvalue weighted by Crippen LogP contribution is -2.23. The molecule has 0 N–H and O–H groups in total. The molecule has 31 heavy (non-hydrogen) atoms. The number of benzene rings is 2. The first kappa shape index (κ1) is 23.6. The molecule has 0 saturated heterocycles. The lowest BCUT2D eigenvalue weighted by Gasteiger charge is -2.13. The number of ether oxygens (including phenoxy) is 2. The quantitative estimate of drug-likeness (QED) is 0.295. The van der Waals surface area contributed by atoms with Gasteiger partial charge in [-0.05, 0) is 31.9 Å². The molecule has 0 amide bonds. The molecule has 2 aromatic carbocycles. The predicted octanol–water partition coefficient (Wildman–Crippen LogP) is 5.78. The highest BCUT2D eigenvalue weighted by molar-refractivity contribution is 5.89. The maximum Gasteiger partial charge on any atom is 0.334 e. The Balaban J connectivity index is 1.77. The summed E-state index contributed by atoms with van der Waals surface area (Å²) < 4.78 is 10.6. The van der Waals surface area contributed by atoms with Crippen molar-refractivity contribution < 1.29 is 19.1 Å². The SMILES string of the molecule is CC(=CC=Cc1ccccc1)C(=O)OCC(C)OC(=O)C(C)=CC=Cc1ccccc1. The van der Waals surface area contributed by atoms with Gasteiger partial charge in [0.15, 0.2) is 0 Å². The van der Waals surface area contributed by atoms with Gasteiger partial charge in [0.05, 0.1) is 0 Å². The lowest BCUT2D eigenvalue weighted by atomic mass is 10.2. The summed E-state index contributed by atoms with van der Waals surface area (Å²) in [6.45, 7) is 5.04. The molecule has 1 atom stereocenters. The van der Waals surface area contributed by atoms with Crippen molar-refractivity contribution in [3.05, 3.63) is 107 Å². The second-order valence-electron chi connectivity index (χ2n) is 7.05. The normalized spacial score (nSPS) is 13.4. The number of allylic oxidation sites excluding steroid dienone is 4. The highest BCUT2D eigenvalue weighted by atomic mass is 16.6. The van der Waals surface area contributed by atoms with Crippen LogP contribution in [0.2, 0.25) is 0 Å². The number of carbonyl (C=O) groups is 2. The minimum absolute atomic E-state index is 0.00864. The van der Waals surface area contributed by atoms with Gasteiger partial charge in [0.2, 0.25) is 0 Å². The van der Waals surface area contributed by atoms with Crippen molar-refractivity contribution in [2.45, 2.75) is 26.9 Å². The van der Waals surface area contributed by atoms with Gasteiger partial charge in [0.1, 0.15) is 12.7 Å². The summed E-state index contributed by atoms with van der Waals surface area (Å²) in [4.78, 5) is 24.3. The summed E-state index contributed by atoms with van der Waals surface area (Å²) in [7, 11) is 0. The molecule has 2 aromatic rings. The monoisotopic (exact) mass is 416 g/mol. The second-order valence-corrected chi connectivity index (χ2v) is 7.05. The van der Waals surface area contributed by atoms with E-state index in [2.05, 4.69) is 0 Å². The standard InChI is InChI=1S/C27H28O4/c1-21(12-10-18-24-14-6-4-7-15-24)26(28)30-20-23(3)31-27(29)22(2)13-11-19-25-16-8-5-9-17-25/h4-19,23H,20H2,1-3H3. The van der Waals surface area contributed by atoms with Crippen molar-refractivity contribution >= 4 is 24.1 Å². The molecule has 0 aliphatic rings. The van der Waals surface area contributed by atoms with Crippen LogP contribution in [0.4, 0.5) is 0 Å². The molecule has 0 fully saturated rings. The molecule has 2 rings (SSSR count). The first-order valence-corrected chi connectivity index (χ1v) is 10.1. The third kappa shape index (κ3) is 9.13. The molecule has 160 valence electrons. The van der Waals surface area contributed by atoms with Gasteiger partial charge < -0.3 is 9.47 Å². The fourth-order valence-electron chi connectivity index (χ4n) is 2.49. The van der Waals surface area contributed by atoms with Crippen molar-refractivity contribution in [3.63, 3.8) is 0 Å². The zero-order valence-corrected chi connectivity index (χ0v) is 18.2. The van der Waals surface area contributed by atoms with Gasteiger partial charge >= 0.3 is 11.9 Å². The molecule has 0 saturated carbocycles. The maximum atomic E-state index is 12.2. The van der Waals surface area contributed by atoms with Gasteiger partial charge in [-0.25, -0.2) is 9.59 Å². The smallest absolute Gasteiger partial charge is 0.334 e. The van der Waals surface area contributed by atoms with Gasteiger partial charge in [-0.3, -0.25) is 0 Å². The Morgan fingerprint density at radius 2 is 1.23 bits per heavy atom. The Kier molecular flexibility index (Phi) is 9.76. The van der Waals surface area contributed by atoms with Crippen LogP contribution in [0.5, 0.6) is 0 Å². The molecule has 0 heterocycles. The minimum Gasteiger partial charge on any atom is -0.458 e. The molecule has 0 aliphatic heterocycles. The van der Waals surface area contributed by atoms with Crippen LogP contribution in [-0.4, -0.2) is 24.6 Å². The Labute approximate surface area is 184 Å². The maximum absolute atomic E-state index is 12.2. The molecule has 1 unspecified atom stereocenters. The molecule has 4 heteroatoms. The fraction of sp³-hybridized carbons (Fsp3) is 0.185. The van der Waals surface area contributed by atoms with E-state index in [1.807, 2.05) is 72.8 Å². The number of carbonyl (C=O) groups excluding carboxylic acids is 2. The van der Waals surface area contributed by atoms with Crippen molar-refractivity contribution in [3.8, 4) is 0 Å². The lowest BCUT2D eigenvalue weighted by molar-refractivity contribution is -0.152. The molecule has 0 bridgehead atoms. The summed E-state index contributed by atoms with van der Waals surface area (Å²) in [6.07, 6.45) is 10.2. The summed E-state index contributed by atoms with van der Waals surface area (Å²) in [5.41, 5.74) is 3.02. The van der Waals surface area contributed by atoms with Crippen LogP contribution in [0.1, 0.15) is 31.9 Å². The van der Waals surface area contributed by atoms with Crippen LogP contribution in [0.25, 0.3) is 12.2 Å². The van der Waals surface area contributed by atoms with Gasteiger partial charge in [-0.15, -0.1) is 0 Å². The van der Waals surface area contributed by atoms with E-state index < -0.39 is 18.0 Å². The number of hydrogen-bond acceptors (Lipinski definition) is 4. The largest absolute Gasteiger partial charge is 0.458 e. The Hall–Kier alpha value is -3.66. The summed E-state index contributed by atoms with van der Waals surface area (Å²) >= 11 is 0. The van der Waals surface area contributed by atoms with E-state index in [4.69, 9.17) is 9.47 Å². The average molecular weight is 417 g/mol. The van der Waals surface area contributed by atoms with Crippen molar-refractivity contribution in [2.24, 2.45) is 0 Å². The first-order chi connectivity index (χ1) is 15.0. The van der Waals surface area contributed by atoms with Crippen molar-refractivity contribution in [1.29, 1.82) is 0 Å². The summed E-state index contributed by atoms with van der Waals surface area (Å²) in [6, 6.07) is 19.6. The van der Waals surface area contributed by atoms with Crippen molar-refractivity contribution in [2.75, 3.05) is 6.61 Å². The van der Waals surface area contributed by atoms with E-state index in [1.165, 1.54) is 0 Å². The summed E-state index contributed by atoms with van der Waals surface area (Å²) in [5.74, 6) is -0.891. The summed E-state index contributed by atoms with van der Waals surface area (Å²) in [5, 5.41) is 0. The topological polar surface area (TPSA) is 52.6 Å². The van der Waals surface area contributed by atoms with Crippen LogP contribution in [0.3, 0.4) is 0 Å². The predicted molar refractivity (Wildman–Crippen MR) is 125 cm³/mol. The Morgan fingerprint density at radius 3 is 1.71 bits per heavy atom. The molecule has 4 nitrogen and oxygen atoms in total. The Bertz CT molecular complexity index is 967. The van der Waals surface area contributed by atoms with Gasteiger partial charge in [-0.2, -0.15) is 0 Å². The minimum atomic E-state index is -0.550. The third-order valence-corrected chi connectivity index (χ3v) is 4.27. The number of hydrogen-bond donors (Lipinski definition) is 0. The van der Waals surface area contributed by atoms with E-state index in [9.17, 15) is 9.59 Å². The molecular formula is C27H28O4. The average Bonchev–Trinajstić information content (AvgIpc) is 2.78. The highest BCUT2D eigenvalue weighted by Crippen LogP contribution is 2.07. The number of rotatable bonds is 9. The molecular weight excluding hydrogens is 388 g/mol. The van der Waals surface area contributed by atoms with Crippen molar-refractivity contribution in [1.82, 2.24) is 0 Å². The zero-order valence-electron chi connectivity index (χ0n) is 18.2. The van der Waals surface area contributed by atoms with Gasteiger partial charge in [-0.1, -0.05) is 97.1 Å². The van der Waals surface area contributed by atoms with E-state index >= 15 is 0 Å². The zero-order chi connectivity index (χ0) is 22.5. The van der Waals surface area contributed by atoms with Crippen LogP contribution >= 0.6 is 0 Å². The van der Waals surface area contributed by atoms with Crippen LogP contribution in [0.15, 0.2) is 96.1 Å². The third-order valence-electron chi connectivity index (χ3n) is 4.27. The van der Waals surface area contributed by atoms with E-state index in [1.54, 1.807) is 45.1 Å². The molecule has 0 spiro atoms. The van der Waals surface area contributed by atoms with Crippen LogP contribution < -0.4 is 0 Å². The van der Waals surface area contributed by atoms with Gasteiger partial charge in [0, 0.05) is 11.1 Å². The van der Waals surface area contributed by atoms with Gasteiger partial charge in [0.25, 0.3) is 0 Å². The van der Waals surface area contributed by atoms with Crippen LogP contribution in [0, 0.1) is 0 Å². The first-order valence-electron chi connectivity index (χ1n) is 10.1.